The van der Waals surface area contributed by atoms with Crippen molar-refractivity contribution in [3.63, 3.8) is 0 Å². The van der Waals surface area contributed by atoms with Crippen LogP contribution in [0.15, 0.2) is 42.9 Å². The van der Waals surface area contributed by atoms with E-state index < -0.39 is 5.82 Å². The summed E-state index contributed by atoms with van der Waals surface area (Å²) < 4.78 is 28.1. The summed E-state index contributed by atoms with van der Waals surface area (Å²) >= 11 is 0. The largest absolute Gasteiger partial charge is 0.381 e. The number of nitrogens with zero attached hydrogens (tertiary/aromatic N) is 2. The van der Waals surface area contributed by atoms with E-state index in [-0.39, 0.29) is 11.6 Å². The predicted octanol–water partition coefficient (Wildman–Crippen LogP) is 4.29. The van der Waals surface area contributed by atoms with Gasteiger partial charge in [-0.25, -0.2) is 13.8 Å². The molecule has 3 rings (SSSR count). The maximum absolute atomic E-state index is 14.1. The minimum Gasteiger partial charge on any atom is -0.381 e. The lowest BCUT2D eigenvalue weighted by atomic mass is 10.0. The molecular weight excluding hydrogens is 322 g/mol. The highest BCUT2D eigenvalue weighted by atomic mass is 19.1. The van der Waals surface area contributed by atoms with Gasteiger partial charge in [0, 0.05) is 18.8 Å². The van der Waals surface area contributed by atoms with Crippen LogP contribution < -0.4 is 11.1 Å². The molecule has 0 radical (unpaired) electrons. The fraction of sp³-hybridized carbons (Fsp3) is 0.158. The third kappa shape index (κ3) is 3.57. The first-order valence-corrected chi connectivity index (χ1v) is 7.81. The van der Waals surface area contributed by atoms with Gasteiger partial charge in [-0.05, 0) is 54.3 Å². The van der Waals surface area contributed by atoms with Gasteiger partial charge in [-0.3, -0.25) is 4.98 Å². The molecule has 0 aliphatic carbocycles. The number of halogens is 2. The molecule has 0 amide bonds. The van der Waals surface area contributed by atoms with Crippen molar-refractivity contribution in [2.75, 3.05) is 11.1 Å². The van der Waals surface area contributed by atoms with Crippen molar-refractivity contribution in [3.8, 4) is 0 Å². The summed E-state index contributed by atoms with van der Waals surface area (Å²) in [5.41, 5.74) is 9.53. The third-order valence-corrected chi connectivity index (χ3v) is 4.09. The second-order valence-corrected chi connectivity index (χ2v) is 5.93. The summed E-state index contributed by atoms with van der Waals surface area (Å²) in [6.07, 6.45) is 5.08. The van der Waals surface area contributed by atoms with Crippen molar-refractivity contribution in [1.29, 1.82) is 0 Å². The summed E-state index contributed by atoms with van der Waals surface area (Å²) in [4.78, 5) is 7.91. The fourth-order valence-electron chi connectivity index (χ4n) is 2.58. The average Bonchev–Trinajstić information content (AvgIpc) is 2.57. The summed E-state index contributed by atoms with van der Waals surface area (Å²) in [5.74, 6) is -0.985. The lowest BCUT2D eigenvalue weighted by Crippen LogP contribution is -2.04. The quantitative estimate of drug-likeness (QED) is 0.744. The molecule has 2 aromatic heterocycles. The van der Waals surface area contributed by atoms with Crippen LogP contribution in [0.25, 0.3) is 0 Å². The van der Waals surface area contributed by atoms with Gasteiger partial charge in [0.05, 0.1) is 17.6 Å². The Morgan fingerprint density at radius 2 is 1.84 bits per heavy atom. The van der Waals surface area contributed by atoms with Crippen LogP contribution in [0.3, 0.4) is 0 Å². The van der Waals surface area contributed by atoms with E-state index in [1.165, 1.54) is 12.3 Å². The standard InChI is InChI=1S/C19H18F2N4/c1-11-3-4-16(15(20)7-11)25-17-10-23-9-14(12(17)2)8-13-5-6-24-19(22)18(13)21/h3-7,9-10,25H,8H2,1-2H3,(H2,22,24). The van der Waals surface area contributed by atoms with Crippen molar-refractivity contribution in [2.45, 2.75) is 20.3 Å². The molecule has 4 nitrogen and oxygen atoms in total. The van der Waals surface area contributed by atoms with Crippen LogP contribution in [0, 0.1) is 25.5 Å². The van der Waals surface area contributed by atoms with Gasteiger partial charge >= 0.3 is 0 Å². The van der Waals surface area contributed by atoms with Crippen molar-refractivity contribution >= 4 is 17.2 Å². The van der Waals surface area contributed by atoms with Crippen molar-refractivity contribution < 1.29 is 8.78 Å². The second kappa shape index (κ2) is 6.84. The highest BCUT2D eigenvalue weighted by Gasteiger charge is 2.12. The first kappa shape index (κ1) is 16.8. The smallest absolute Gasteiger partial charge is 0.168 e. The molecule has 3 aromatic rings. The molecule has 128 valence electrons. The number of pyridine rings is 2. The van der Waals surface area contributed by atoms with Crippen molar-refractivity contribution in [3.05, 3.63) is 76.7 Å². The van der Waals surface area contributed by atoms with E-state index in [9.17, 15) is 8.78 Å². The zero-order chi connectivity index (χ0) is 18.0. The number of aromatic nitrogens is 2. The Balaban J connectivity index is 1.91. The van der Waals surface area contributed by atoms with Crippen LogP contribution >= 0.6 is 0 Å². The molecular formula is C19H18F2N4. The SMILES string of the molecule is Cc1ccc(Nc2cncc(Cc3ccnc(N)c3F)c2C)c(F)c1. The fourth-order valence-corrected chi connectivity index (χ4v) is 2.58. The molecule has 25 heavy (non-hydrogen) atoms. The molecule has 0 fully saturated rings. The number of hydrogen-bond acceptors (Lipinski definition) is 4. The molecule has 0 aliphatic rings. The lowest BCUT2D eigenvalue weighted by molar-refractivity contribution is 0.613. The topological polar surface area (TPSA) is 63.8 Å². The molecule has 0 saturated heterocycles. The summed E-state index contributed by atoms with van der Waals surface area (Å²) in [6, 6.07) is 6.56. The maximum Gasteiger partial charge on any atom is 0.168 e. The first-order valence-electron chi connectivity index (χ1n) is 7.81. The summed E-state index contributed by atoms with van der Waals surface area (Å²) in [6.45, 7) is 3.71. The van der Waals surface area contributed by atoms with E-state index in [1.54, 1.807) is 24.5 Å². The third-order valence-electron chi connectivity index (χ3n) is 4.09. The number of hydrogen-bond donors (Lipinski definition) is 2. The van der Waals surface area contributed by atoms with Gasteiger partial charge in [-0.15, -0.1) is 0 Å². The highest BCUT2D eigenvalue weighted by Crippen LogP contribution is 2.26. The Labute approximate surface area is 144 Å². The number of aryl methyl sites for hydroxylation is 1. The zero-order valence-electron chi connectivity index (χ0n) is 14.0. The summed E-state index contributed by atoms with van der Waals surface area (Å²) in [7, 11) is 0. The Kier molecular flexibility index (Phi) is 4.61. The van der Waals surface area contributed by atoms with Crippen LogP contribution in [0.2, 0.25) is 0 Å². The zero-order valence-corrected chi connectivity index (χ0v) is 14.0. The molecule has 0 unspecified atom stereocenters. The number of nitrogens with two attached hydrogens (primary N) is 1. The molecule has 3 N–H and O–H groups in total. The number of nitrogen functional groups attached to an aromatic ring is 1. The van der Waals surface area contributed by atoms with Gasteiger partial charge < -0.3 is 11.1 Å². The van der Waals surface area contributed by atoms with Crippen molar-refractivity contribution in [2.24, 2.45) is 0 Å². The van der Waals surface area contributed by atoms with E-state index in [0.717, 1.165) is 16.7 Å². The van der Waals surface area contributed by atoms with Gasteiger partial charge in [0.1, 0.15) is 5.82 Å². The molecule has 0 saturated carbocycles. The van der Waals surface area contributed by atoms with E-state index in [0.29, 0.717) is 23.4 Å². The predicted molar refractivity (Wildman–Crippen MR) is 94.8 cm³/mol. The molecule has 6 heteroatoms. The molecule has 0 bridgehead atoms. The van der Waals surface area contributed by atoms with Crippen molar-refractivity contribution in [1.82, 2.24) is 9.97 Å². The van der Waals surface area contributed by atoms with E-state index in [2.05, 4.69) is 15.3 Å². The van der Waals surface area contributed by atoms with Gasteiger partial charge in [-0.2, -0.15) is 0 Å². The molecule has 1 aromatic carbocycles. The monoisotopic (exact) mass is 340 g/mol. The van der Waals surface area contributed by atoms with Crippen LogP contribution in [0.1, 0.15) is 22.3 Å². The average molecular weight is 340 g/mol. The minimum absolute atomic E-state index is 0.126. The van der Waals surface area contributed by atoms with Gasteiger partial charge in [-0.1, -0.05) is 6.07 Å². The van der Waals surface area contributed by atoms with Gasteiger partial charge in [0.25, 0.3) is 0 Å². The Morgan fingerprint density at radius 3 is 2.60 bits per heavy atom. The van der Waals surface area contributed by atoms with Crippen LogP contribution in [-0.4, -0.2) is 9.97 Å². The number of nitrogens with one attached hydrogen (secondary N) is 1. The Hall–Kier alpha value is -3.02. The van der Waals surface area contributed by atoms with E-state index in [1.807, 2.05) is 19.9 Å². The molecule has 0 spiro atoms. The molecule has 0 atom stereocenters. The Morgan fingerprint density at radius 1 is 1.04 bits per heavy atom. The first-order chi connectivity index (χ1) is 12.0. The van der Waals surface area contributed by atoms with E-state index in [4.69, 9.17) is 5.73 Å². The second-order valence-electron chi connectivity index (χ2n) is 5.93. The number of rotatable bonds is 4. The Bertz CT molecular complexity index is 925. The number of benzene rings is 1. The molecule has 0 aliphatic heterocycles. The normalized spacial score (nSPS) is 10.7. The van der Waals surface area contributed by atoms with Gasteiger partial charge in [0.2, 0.25) is 0 Å². The molecule has 2 heterocycles. The van der Waals surface area contributed by atoms with Crippen LogP contribution in [0.4, 0.5) is 26.0 Å². The minimum atomic E-state index is -0.523. The number of anilines is 3. The summed E-state index contributed by atoms with van der Waals surface area (Å²) in [5, 5.41) is 3.05. The lowest BCUT2D eigenvalue weighted by Gasteiger charge is -2.14. The van der Waals surface area contributed by atoms with Crippen LogP contribution in [0.5, 0.6) is 0 Å². The maximum atomic E-state index is 14.1. The van der Waals surface area contributed by atoms with Gasteiger partial charge in [0.15, 0.2) is 11.6 Å². The highest BCUT2D eigenvalue weighted by molar-refractivity contribution is 5.64. The van der Waals surface area contributed by atoms with E-state index >= 15 is 0 Å². The van der Waals surface area contributed by atoms with Crippen LogP contribution in [-0.2, 0) is 6.42 Å².